The van der Waals surface area contributed by atoms with Crippen molar-refractivity contribution in [3.05, 3.63) is 0 Å². The molecule has 0 aromatic carbocycles. The van der Waals surface area contributed by atoms with Crippen LogP contribution in [0, 0.1) is 11.8 Å². The second-order valence-electron chi connectivity index (χ2n) is 6.31. The Labute approximate surface area is 117 Å². The quantitative estimate of drug-likeness (QED) is 0.677. The highest BCUT2D eigenvalue weighted by Crippen LogP contribution is 2.33. The molecule has 0 amide bonds. The number of ether oxygens (including phenoxy) is 1. The van der Waals surface area contributed by atoms with Crippen LogP contribution in [-0.4, -0.2) is 43.5 Å². The summed E-state index contributed by atoms with van der Waals surface area (Å²) in [5.74, 6) is 1.59. The lowest BCUT2D eigenvalue weighted by molar-refractivity contribution is -0.126. The minimum atomic E-state index is 0.294. The van der Waals surface area contributed by atoms with Crippen molar-refractivity contribution >= 4 is 5.78 Å². The first-order chi connectivity index (χ1) is 9.24. The van der Waals surface area contributed by atoms with Gasteiger partial charge in [-0.1, -0.05) is 19.8 Å². The van der Waals surface area contributed by atoms with Gasteiger partial charge in [-0.25, -0.2) is 0 Å². The van der Waals surface area contributed by atoms with E-state index in [-0.39, 0.29) is 0 Å². The smallest absolute Gasteiger partial charge is 0.137 e. The van der Waals surface area contributed by atoms with Crippen molar-refractivity contribution in [2.24, 2.45) is 11.8 Å². The molecule has 0 radical (unpaired) electrons. The Bertz CT molecular complexity index is 288. The number of methoxy groups -OCH3 is 1. The van der Waals surface area contributed by atoms with E-state index in [4.69, 9.17) is 4.74 Å². The van der Waals surface area contributed by atoms with Crippen molar-refractivity contribution in [2.45, 2.75) is 57.9 Å². The number of carbonyl (C=O) groups is 1. The first-order valence-electron chi connectivity index (χ1n) is 8.00. The summed E-state index contributed by atoms with van der Waals surface area (Å²) in [5, 5.41) is 0. The molecule has 0 aromatic heterocycles. The van der Waals surface area contributed by atoms with Gasteiger partial charge in [0.1, 0.15) is 5.78 Å². The van der Waals surface area contributed by atoms with Crippen LogP contribution in [0.1, 0.15) is 51.9 Å². The first-order valence-corrected chi connectivity index (χ1v) is 8.00. The first kappa shape index (κ1) is 15.0. The number of Topliss-reactive ketones (excluding diaryl/α,β-unsaturated/α-hetero) is 1. The minimum absolute atomic E-state index is 0.294. The maximum Gasteiger partial charge on any atom is 0.137 e. The molecule has 2 fully saturated rings. The summed E-state index contributed by atoms with van der Waals surface area (Å²) in [6, 6.07) is 0.731. The fraction of sp³-hybridized carbons (Fsp3) is 0.938. The zero-order valence-electron chi connectivity index (χ0n) is 12.6. The highest BCUT2D eigenvalue weighted by atomic mass is 16.5. The standard InChI is InChI=1S/C16H29NO2/c1-3-4-13-5-8-16(18)14(11-13)12-17(9-10-19-2)15-6-7-15/h13-15H,3-12H2,1-2H3. The van der Waals surface area contributed by atoms with Crippen molar-refractivity contribution in [1.82, 2.24) is 4.90 Å². The second-order valence-corrected chi connectivity index (χ2v) is 6.31. The van der Waals surface area contributed by atoms with Gasteiger partial charge in [0.15, 0.2) is 0 Å². The predicted molar refractivity (Wildman–Crippen MR) is 77.2 cm³/mol. The second kappa shape index (κ2) is 7.39. The molecule has 3 nitrogen and oxygen atoms in total. The van der Waals surface area contributed by atoms with E-state index in [1.807, 2.05) is 0 Å². The number of hydrogen-bond donors (Lipinski definition) is 0. The van der Waals surface area contributed by atoms with E-state index in [1.54, 1.807) is 7.11 Å². The van der Waals surface area contributed by atoms with Crippen molar-refractivity contribution in [3.8, 4) is 0 Å². The number of ketones is 1. The Kier molecular flexibility index (Phi) is 5.83. The summed E-state index contributed by atoms with van der Waals surface area (Å²) in [5.41, 5.74) is 0. The molecule has 2 rings (SSSR count). The average Bonchev–Trinajstić information content (AvgIpc) is 3.22. The summed E-state index contributed by atoms with van der Waals surface area (Å²) in [4.78, 5) is 14.6. The van der Waals surface area contributed by atoms with Gasteiger partial charge in [0, 0.05) is 38.6 Å². The molecule has 0 aromatic rings. The highest BCUT2D eigenvalue weighted by molar-refractivity contribution is 5.82. The maximum absolute atomic E-state index is 12.1. The molecular weight excluding hydrogens is 238 g/mol. The van der Waals surface area contributed by atoms with Crippen LogP contribution in [-0.2, 0) is 9.53 Å². The highest BCUT2D eigenvalue weighted by Gasteiger charge is 2.34. The molecule has 19 heavy (non-hydrogen) atoms. The molecule has 2 aliphatic carbocycles. The fourth-order valence-electron chi connectivity index (χ4n) is 3.40. The number of rotatable bonds is 8. The Morgan fingerprint density at radius 3 is 2.74 bits per heavy atom. The van der Waals surface area contributed by atoms with E-state index < -0.39 is 0 Å². The van der Waals surface area contributed by atoms with E-state index in [2.05, 4.69) is 11.8 Å². The van der Waals surface area contributed by atoms with Crippen LogP contribution >= 0.6 is 0 Å². The van der Waals surface area contributed by atoms with Gasteiger partial charge in [0.2, 0.25) is 0 Å². The van der Waals surface area contributed by atoms with Crippen LogP contribution < -0.4 is 0 Å². The van der Waals surface area contributed by atoms with Gasteiger partial charge in [-0.3, -0.25) is 9.69 Å². The van der Waals surface area contributed by atoms with Crippen molar-refractivity contribution in [1.29, 1.82) is 0 Å². The predicted octanol–water partition coefficient (Wildman–Crippen LogP) is 2.88. The van der Waals surface area contributed by atoms with Gasteiger partial charge >= 0.3 is 0 Å². The van der Waals surface area contributed by atoms with Crippen LogP contribution in [0.25, 0.3) is 0 Å². The molecule has 110 valence electrons. The maximum atomic E-state index is 12.1. The van der Waals surface area contributed by atoms with Crippen LogP contribution in [0.15, 0.2) is 0 Å². The summed E-state index contributed by atoms with van der Waals surface area (Å²) in [7, 11) is 1.76. The van der Waals surface area contributed by atoms with Crippen molar-refractivity contribution in [2.75, 3.05) is 26.8 Å². The number of carbonyl (C=O) groups excluding carboxylic acids is 1. The molecule has 2 atom stereocenters. The van der Waals surface area contributed by atoms with E-state index in [0.29, 0.717) is 11.7 Å². The fourth-order valence-corrected chi connectivity index (χ4v) is 3.40. The molecule has 0 heterocycles. The molecule has 0 aliphatic heterocycles. The molecule has 3 heteroatoms. The van der Waals surface area contributed by atoms with Gasteiger partial charge in [-0.2, -0.15) is 0 Å². The summed E-state index contributed by atoms with van der Waals surface area (Å²) < 4.78 is 5.20. The summed E-state index contributed by atoms with van der Waals surface area (Å²) in [6.45, 7) is 5.01. The third kappa shape index (κ3) is 4.57. The monoisotopic (exact) mass is 267 g/mol. The molecule has 0 N–H and O–H groups in total. The lowest BCUT2D eigenvalue weighted by Crippen LogP contribution is -2.39. The largest absolute Gasteiger partial charge is 0.383 e. The lowest BCUT2D eigenvalue weighted by atomic mass is 9.78. The van der Waals surface area contributed by atoms with Crippen LogP contribution in [0.4, 0.5) is 0 Å². The molecule has 0 bridgehead atoms. The molecule has 2 saturated carbocycles. The van der Waals surface area contributed by atoms with E-state index >= 15 is 0 Å². The number of nitrogens with zero attached hydrogens (tertiary/aromatic N) is 1. The molecule has 0 spiro atoms. The molecular formula is C16H29NO2. The third-order valence-corrected chi connectivity index (χ3v) is 4.67. The van der Waals surface area contributed by atoms with Crippen LogP contribution in [0.2, 0.25) is 0 Å². The van der Waals surface area contributed by atoms with Gasteiger partial charge in [0.05, 0.1) is 6.61 Å². The van der Waals surface area contributed by atoms with Gasteiger partial charge in [-0.15, -0.1) is 0 Å². The van der Waals surface area contributed by atoms with Gasteiger partial charge in [-0.05, 0) is 31.6 Å². The summed E-state index contributed by atoms with van der Waals surface area (Å²) in [6.07, 6.45) is 8.24. The Balaban J connectivity index is 1.84. The molecule has 2 unspecified atom stereocenters. The SMILES string of the molecule is CCCC1CCC(=O)C(CN(CCOC)C2CC2)C1. The summed E-state index contributed by atoms with van der Waals surface area (Å²) >= 11 is 0. The van der Waals surface area contributed by atoms with Gasteiger partial charge in [0.25, 0.3) is 0 Å². The topological polar surface area (TPSA) is 29.5 Å². The zero-order valence-corrected chi connectivity index (χ0v) is 12.6. The van der Waals surface area contributed by atoms with Crippen molar-refractivity contribution in [3.63, 3.8) is 0 Å². The zero-order chi connectivity index (χ0) is 13.7. The number of hydrogen-bond acceptors (Lipinski definition) is 3. The normalized spacial score (nSPS) is 28.1. The Morgan fingerprint density at radius 2 is 2.11 bits per heavy atom. The van der Waals surface area contributed by atoms with E-state index in [9.17, 15) is 4.79 Å². The van der Waals surface area contributed by atoms with Crippen molar-refractivity contribution < 1.29 is 9.53 Å². The van der Waals surface area contributed by atoms with Crippen LogP contribution in [0.5, 0.6) is 0 Å². The third-order valence-electron chi connectivity index (χ3n) is 4.67. The minimum Gasteiger partial charge on any atom is -0.383 e. The Morgan fingerprint density at radius 1 is 1.32 bits per heavy atom. The lowest BCUT2D eigenvalue weighted by Gasteiger charge is -2.32. The Hall–Kier alpha value is -0.410. The molecule has 0 saturated heterocycles. The van der Waals surface area contributed by atoms with E-state index in [0.717, 1.165) is 50.9 Å². The van der Waals surface area contributed by atoms with Crippen LogP contribution in [0.3, 0.4) is 0 Å². The van der Waals surface area contributed by atoms with E-state index in [1.165, 1.54) is 25.7 Å². The molecule has 2 aliphatic rings. The average molecular weight is 267 g/mol. The van der Waals surface area contributed by atoms with Gasteiger partial charge < -0.3 is 4.74 Å².